The van der Waals surface area contributed by atoms with E-state index in [4.69, 9.17) is 11.6 Å². The average Bonchev–Trinajstić information content (AvgIpc) is 3.03. The lowest BCUT2D eigenvalue weighted by molar-refractivity contribution is -0.118. The SMILES string of the molecule is Cc1cccc(CC(=O)N(CCCN(C)C)c2nc3c(Cl)cccc3s2)c1.Cl. The van der Waals surface area contributed by atoms with Gasteiger partial charge in [0, 0.05) is 6.54 Å². The maximum atomic E-state index is 13.1. The van der Waals surface area contributed by atoms with Crippen molar-refractivity contribution < 1.29 is 4.79 Å². The molecule has 0 saturated heterocycles. The number of halogens is 2. The Morgan fingerprint density at radius 1 is 1.14 bits per heavy atom. The number of anilines is 1. The number of thiazole rings is 1. The highest BCUT2D eigenvalue weighted by molar-refractivity contribution is 7.22. The van der Waals surface area contributed by atoms with Crippen molar-refractivity contribution in [1.29, 1.82) is 0 Å². The van der Waals surface area contributed by atoms with E-state index in [1.807, 2.05) is 62.3 Å². The second-order valence-electron chi connectivity index (χ2n) is 6.95. The summed E-state index contributed by atoms with van der Waals surface area (Å²) < 4.78 is 0.999. The molecule has 1 amide bonds. The van der Waals surface area contributed by atoms with Gasteiger partial charge in [-0.25, -0.2) is 4.98 Å². The zero-order valence-electron chi connectivity index (χ0n) is 16.3. The van der Waals surface area contributed by atoms with Gasteiger partial charge >= 0.3 is 0 Å². The second-order valence-corrected chi connectivity index (χ2v) is 8.37. The normalized spacial score (nSPS) is 10.9. The van der Waals surface area contributed by atoms with Crippen LogP contribution in [-0.2, 0) is 11.2 Å². The molecule has 0 fully saturated rings. The van der Waals surface area contributed by atoms with Gasteiger partial charge in [0.2, 0.25) is 5.91 Å². The highest BCUT2D eigenvalue weighted by Crippen LogP contribution is 2.33. The van der Waals surface area contributed by atoms with Gasteiger partial charge in [-0.15, -0.1) is 12.4 Å². The van der Waals surface area contributed by atoms with Crippen LogP contribution in [0.3, 0.4) is 0 Å². The van der Waals surface area contributed by atoms with Crippen LogP contribution in [0.2, 0.25) is 5.02 Å². The fourth-order valence-corrected chi connectivity index (χ4v) is 4.29. The van der Waals surface area contributed by atoms with E-state index < -0.39 is 0 Å². The molecule has 7 heteroatoms. The number of para-hydroxylation sites is 1. The summed E-state index contributed by atoms with van der Waals surface area (Å²) >= 11 is 7.80. The fourth-order valence-electron chi connectivity index (χ4n) is 2.98. The standard InChI is InChI=1S/C21H24ClN3OS.ClH/c1-15-7-4-8-16(13-15)14-19(26)25(12-6-11-24(2)3)21-23-20-17(22)9-5-10-18(20)27-21;/h4-5,7-10,13H,6,11-12,14H2,1-3H3;1H. The number of hydrogen-bond donors (Lipinski definition) is 0. The van der Waals surface area contributed by atoms with Gasteiger partial charge in [0.25, 0.3) is 0 Å². The summed E-state index contributed by atoms with van der Waals surface area (Å²) in [7, 11) is 4.08. The second kappa shape index (κ2) is 10.2. The zero-order valence-corrected chi connectivity index (χ0v) is 18.7. The van der Waals surface area contributed by atoms with E-state index >= 15 is 0 Å². The number of rotatable bonds is 7. The summed E-state index contributed by atoms with van der Waals surface area (Å²) in [5.41, 5.74) is 2.95. The number of aryl methyl sites for hydroxylation is 1. The molecule has 0 aliphatic carbocycles. The molecular formula is C21H25Cl2N3OS. The van der Waals surface area contributed by atoms with E-state index in [2.05, 4.69) is 16.0 Å². The fraction of sp³-hybridized carbons (Fsp3) is 0.333. The first-order chi connectivity index (χ1) is 12.9. The Hall–Kier alpha value is -1.66. The van der Waals surface area contributed by atoms with E-state index in [0.717, 1.165) is 39.4 Å². The topological polar surface area (TPSA) is 36.4 Å². The molecule has 0 radical (unpaired) electrons. The lowest BCUT2D eigenvalue weighted by Crippen LogP contribution is -2.34. The number of amides is 1. The van der Waals surface area contributed by atoms with Crippen molar-refractivity contribution in [3.63, 3.8) is 0 Å². The quantitative estimate of drug-likeness (QED) is 0.508. The maximum Gasteiger partial charge on any atom is 0.233 e. The summed E-state index contributed by atoms with van der Waals surface area (Å²) in [6.07, 6.45) is 1.25. The minimum atomic E-state index is 0. The molecule has 0 aliphatic heterocycles. The number of hydrogen-bond acceptors (Lipinski definition) is 4. The Morgan fingerprint density at radius 3 is 2.57 bits per heavy atom. The van der Waals surface area contributed by atoms with E-state index in [1.165, 1.54) is 11.3 Å². The first kappa shape index (κ1) is 22.6. The molecule has 4 nitrogen and oxygen atoms in total. The molecule has 3 aromatic rings. The first-order valence-corrected chi connectivity index (χ1v) is 10.2. The molecule has 0 saturated carbocycles. The van der Waals surface area contributed by atoms with E-state index in [0.29, 0.717) is 18.0 Å². The Bertz CT molecular complexity index is 942. The smallest absolute Gasteiger partial charge is 0.233 e. The summed E-state index contributed by atoms with van der Waals surface area (Å²) in [5.74, 6) is 0.0644. The van der Waals surface area contributed by atoms with E-state index in [1.54, 1.807) is 0 Å². The summed E-state index contributed by atoms with van der Waals surface area (Å²) in [4.78, 5) is 21.7. The molecule has 28 heavy (non-hydrogen) atoms. The molecule has 0 spiro atoms. The number of fused-ring (bicyclic) bond motifs is 1. The van der Waals surface area contributed by atoms with Gasteiger partial charge in [0.05, 0.1) is 16.1 Å². The van der Waals surface area contributed by atoms with Gasteiger partial charge in [-0.05, 0) is 51.7 Å². The van der Waals surface area contributed by atoms with Crippen LogP contribution in [0.1, 0.15) is 17.5 Å². The summed E-state index contributed by atoms with van der Waals surface area (Å²) in [5, 5.41) is 1.34. The zero-order chi connectivity index (χ0) is 19.4. The van der Waals surface area contributed by atoms with Crippen LogP contribution in [0, 0.1) is 6.92 Å². The molecule has 2 aromatic carbocycles. The monoisotopic (exact) mass is 437 g/mol. The molecule has 1 heterocycles. The largest absolute Gasteiger partial charge is 0.309 e. The van der Waals surface area contributed by atoms with Crippen molar-refractivity contribution in [3.8, 4) is 0 Å². The minimum Gasteiger partial charge on any atom is -0.309 e. The number of carbonyl (C=O) groups excluding carboxylic acids is 1. The number of carbonyl (C=O) groups is 1. The third-order valence-corrected chi connectivity index (χ3v) is 5.66. The van der Waals surface area contributed by atoms with Gasteiger partial charge in [0.15, 0.2) is 5.13 Å². The highest BCUT2D eigenvalue weighted by Gasteiger charge is 2.20. The van der Waals surface area contributed by atoms with Gasteiger partial charge in [0.1, 0.15) is 5.52 Å². The van der Waals surface area contributed by atoms with Gasteiger partial charge < -0.3 is 4.90 Å². The van der Waals surface area contributed by atoms with Crippen molar-refractivity contribution in [2.45, 2.75) is 19.8 Å². The molecule has 0 aliphatic rings. The van der Waals surface area contributed by atoms with Crippen LogP contribution in [0.4, 0.5) is 5.13 Å². The maximum absolute atomic E-state index is 13.1. The van der Waals surface area contributed by atoms with Crippen LogP contribution in [-0.4, -0.2) is 43.0 Å². The van der Waals surface area contributed by atoms with E-state index in [9.17, 15) is 4.79 Å². The molecule has 150 valence electrons. The molecule has 0 N–H and O–H groups in total. The number of benzene rings is 2. The summed E-state index contributed by atoms with van der Waals surface area (Å²) in [6.45, 7) is 3.60. The van der Waals surface area contributed by atoms with Crippen LogP contribution < -0.4 is 4.90 Å². The van der Waals surface area contributed by atoms with Crippen molar-refractivity contribution in [1.82, 2.24) is 9.88 Å². The lowest BCUT2D eigenvalue weighted by Gasteiger charge is -2.21. The predicted molar refractivity (Wildman–Crippen MR) is 122 cm³/mol. The van der Waals surface area contributed by atoms with Crippen LogP contribution >= 0.6 is 35.3 Å². The van der Waals surface area contributed by atoms with Gasteiger partial charge in [-0.1, -0.05) is 58.8 Å². The third kappa shape index (κ3) is 5.67. The van der Waals surface area contributed by atoms with Crippen molar-refractivity contribution in [2.75, 3.05) is 32.1 Å². The molecule has 1 aromatic heterocycles. The Balaban J connectivity index is 0.00000280. The minimum absolute atomic E-state index is 0. The first-order valence-electron chi connectivity index (χ1n) is 9.00. The molecular weight excluding hydrogens is 413 g/mol. The predicted octanol–water partition coefficient (Wildman–Crippen LogP) is 5.21. The third-order valence-electron chi connectivity index (χ3n) is 4.32. The lowest BCUT2D eigenvalue weighted by atomic mass is 10.1. The Morgan fingerprint density at radius 2 is 1.89 bits per heavy atom. The molecule has 0 atom stereocenters. The van der Waals surface area contributed by atoms with Crippen molar-refractivity contribution >= 4 is 56.6 Å². The van der Waals surface area contributed by atoms with E-state index in [-0.39, 0.29) is 18.3 Å². The van der Waals surface area contributed by atoms with Crippen LogP contribution in [0.5, 0.6) is 0 Å². The molecule has 0 unspecified atom stereocenters. The van der Waals surface area contributed by atoms with Gasteiger partial charge in [-0.2, -0.15) is 0 Å². The molecule has 3 rings (SSSR count). The number of nitrogens with zero attached hydrogens (tertiary/aromatic N) is 3. The van der Waals surface area contributed by atoms with Crippen molar-refractivity contribution in [3.05, 3.63) is 58.6 Å². The number of aromatic nitrogens is 1. The van der Waals surface area contributed by atoms with Crippen LogP contribution in [0.25, 0.3) is 10.2 Å². The van der Waals surface area contributed by atoms with Gasteiger partial charge in [-0.3, -0.25) is 9.69 Å². The molecule has 0 bridgehead atoms. The average molecular weight is 438 g/mol. The van der Waals surface area contributed by atoms with Crippen molar-refractivity contribution in [2.24, 2.45) is 0 Å². The summed E-state index contributed by atoms with van der Waals surface area (Å²) in [6, 6.07) is 13.8. The van der Waals surface area contributed by atoms with Crippen LogP contribution in [0.15, 0.2) is 42.5 Å². The highest BCUT2D eigenvalue weighted by atomic mass is 35.5. The Kier molecular flexibility index (Phi) is 8.25. The Labute approximate surface area is 181 Å².